The van der Waals surface area contributed by atoms with Gasteiger partial charge >= 0.3 is 6.18 Å². The number of thiazole rings is 1. The lowest BCUT2D eigenvalue weighted by molar-refractivity contribution is -0.137. The van der Waals surface area contributed by atoms with Gasteiger partial charge in [0.2, 0.25) is 5.95 Å². The van der Waals surface area contributed by atoms with Gasteiger partial charge in [0.1, 0.15) is 4.70 Å². The third-order valence-corrected chi connectivity index (χ3v) is 5.75. The summed E-state index contributed by atoms with van der Waals surface area (Å²) >= 11 is 2.00. The fourth-order valence-electron chi connectivity index (χ4n) is 2.55. The number of halogens is 4. The summed E-state index contributed by atoms with van der Waals surface area (Å²) in [5, 5.41) is 0.0248. The predicted octanol–water partition coefficient (Wildman–Crippen LogP) is 3.38. The number of alkyl halides is 3. The van der Waals surface area contributed by atoms with E-state index < -0.39 is 34.6 Å². The van der Waals surface area contributed by atoms with Gasteiger partial charge < -0.3 is 0 Å². The number of fused-ring (bicyclic) bond motifs is 1. The molecule has 0 radical (unpaired) electrons. The molecule has 0 aliphatic heterocycles. The van der Waals surface area contributed by atoms with Crippen LogP contribution in [0.15, 0.2) is 50.7 Å². The molecule has 0 aliphatic carbocycles. The Labute approximate surface area is 172 Å². The fourth-order valence-corrected chi connectivity index (χ4v) is 4.14. The lowest BCUT2D eigenvalue weighted by atomic mass is 10.1. The van der Waals surface area contributed by atoms with Gasteiger partial charge in [0.25, 0.3) is 11.1 Å². The fraction of sp³-hybridized carbons (Fsp3) is 0.118. The molecule has 0 atom stereocenters. The summed E-state index contributed by atoms with van der Waals surface area (Å²) in [6.07, 6.45) is -3.62. The lowest BCUT2D eigenvalue weighted by Gasteiger charge is -2.11. The standard InChI is InChI=1S/C17H9F4N5O2S2/c18-12-14(22-5-10(27)24-12)26-15(28)11-13(23-7-30-11)25-16(26)29-6-8-1-3-9(4-2-8)17(19,20)21/h1-5,7H,6H2,(H,24,27). The highest BCUT2D eigenvalue weighted by Crippen LogP contribution is 2.30. The Morgan fingerprint density at radius 3 is 2.53 bits per heavy atom. The van der Waals surface area contributed by atoms with Crippen molar-refractivity contribution in [1.82, 2.24) is 24.5 Å². The third-order valence-electron chi connectivity index (χ3n) is 3.93. The molecule has 0 aliphatic rings. The Morgan fingerprint density at radius 1 is 1.13 bits per heavy atom. The minimum atomic E-state index is -4.45. The van der Waals surface area contributed by atoms with Gasteiger partial charge in [-0.05, 0) is 17.7 Å². The van der Waals surface area contributed by atoms with Crippen molar-refractivity contribution in [3.8, 4) is 5.82 Å². The van der Waals surface area contributed by atoms with Crippen molar-refractivity contribution in [2.24, 2.45) is 0 Å². The van der Waals surface area contributed by atoms with E-state index in [1.165, 1.54) is 17.6 Å². The molecule has 0 fully saturated rings. The molecule has 1 N–H and O–H groups in total. The van der Waals surface area contributed by atoms with Gasteiger partial charge in [0.15, 0.2) is 16.6 Å². The molecule has 0 amide bonds. The van der Waals surface area contributed by atoms with Crippen LogP contribution >= 0.6 is 23.1 Å². The first-order valence-electron chi connectivity index (χ1n) is 8.14. The molecule has 0 saturated heterocycles. The number of thioether (sulfide) groups is 1. The van der Waals surface area contributed by atoms with Gasteiger partial charge in [0.05, 0.1) is 17.3 Å². The quantitative estimate of drug-likeness (QED) is 0.288. The molecule has 0 saturated carbocycles. The number of aromatic nitrogens is 5. The molecule has 7 nitrogen and oxygen atoms in total. The molecule has 0 spiro atoms. The van der Waals surface area contributed by atoms with Crippen LogP contribution in [-0.4, -0.2) is 24.5 Å². The maximum Gasteiger partial charge on any atom is 0.416 e. The molecule has 0 unspecified atom stereocenters. The Bertz CT molecular complexity index is 1350. The minimum absolute atomic E-state index is 0.0248. The van der Waals surface area contributed by atoms with Gasteiger partial charge in [-0.25, -0.2) is 19.5 Å². The van der Waals surface area contributed by atoms with Crippen LogP contribution in [0.1, 0.15) is 11.1 Å². The molecule has 4 aromatic rings. The van der Waals surface area contributed by atoms with E-state index >= 15 is 0 Å². The maximum absolute atomic E-state index is 14.3. The second-order valence-electron chi connectivity index (χ2n) is 5.91. The summed E-state index contributed by atoms with van der Waals surface area (Å²) in [6.45, 7) is 0. The van der Waals surface area contributed by atoms with Gasteiger partial charge in [-0.2, -0.15) is 17.6 Å². The van der Waals surface area contributed by atoms with Crippen molar-refractivity contribution in [2.45, 2.75) is 17.1 Å². The van der Waals surface area contributed by atoms with Gasteiger partial charge in [0, 0.05) is 5.75 Å². The highest BCUT2D eigenvalue weighted by Gasteiger charge is 2.30. The number of hydrogen-bond donors (Lipinski definition) is 1. The molecule has 13 heteroatoms. The smallest absolute Gasteiger partial charge is 0.294 e. The summed E-state index contributed by atoms with van der Waals surface area (Å²) < 4.78 is 53.5. The van der Waals surface area contributed by atoms with Crippen molar-refractivity contribution in [1.29, 1.82) is 0 Å². The van der Waals surface area contributed by atoms with Crippen molar-refractivity contribution in [2.75, 3.05) is 0 Å². The SMILES string of the molecule is O=c1cnc(-n2c(SCc3ccc(C(F)(F)F)cc3)nc3ncsc3c2=O)c(F)[nH]1. The zero-order valence-electron chi connectivity index (χ0n) is 14.6. The summed E-state index contributed by atoms with van der Waals surface area (Å²) in [5.41, 5.74) is -0.103. The highest BCUT2D eigenvalue weighted by atomic mass is 32.2. The molecule has 3 heterocycles. The van der Waals surface area contributed by atoms with Crippen LogP contribution < -0.4 is 11.1 Å². The van der Waals surface area contributed by atoms with E-state index in [1.807, 2.05) is 4.98 Å². The van der Waals surface area contributed by atoms with Crippen molar-refractivity contribution >= 4 is 33.4 Å². The molecule has 30 heavy (non-hydrogen) atoms. The zero-order valence-corrected chi connectivity index (χ0v) is 16.2. The zero-order chi connectivity index (χ0) is 21.5. The van der Waals surface area contributed by atoms with E-state index in [9.17, 15) is 27.2 Å². The Morgan fingerprint density at radius 2 is 1.87 bits per heavy atom. The van der Waals surface area contributed by atoms with Crippen LogP contribution in [0, 0.1) is 5.95 Å². The molecular formula is C17H9F4N5O2S2. The van der Waals surface area contributed by atoms with Crippen LogP contribution in [-0.2, 0) is 11.9 Å². The van der Waals surface area contributed by atoms with Gasteiger partial charge in [-0.15, -0.1) is 11.3 Å². The average Bonchev–Trinajstić information content (AvgIpc) is 3.16. The van der Waals surface area contributed by atoms with E-state index in [-0.39, 0.29) is 21.3 Å². The first kappa shape index (κ1) is 20.2. The molecule has 3 aromatic heterocycles. The normalized spacial score (nSPS) is 11.9. The summed E-state index contributed by atoms with van der Waals surface area (Å²) in [7, 11) is 0. The van der Waals surface area contributed by atoms with Crippen LogP contribution in [0.5, 0.6) is 0 Å². The number of aromatic amines is 1. The van der Waals surface area contributed by atoms with Crippen LogP contribution in [0.3, 0.4) is 0 Å². The summed E-state index contributed by atoms with van der Waals surface area (Å²) in [4.78, 5) is 38.0. The number of benzene rings is 1. The van der Waals surface area contributed by atoms with E-state index in [2.05, 4.69) is 15.0 Å². The Hall–Kier alpha value is -3.06. The third kappa shape index (κ3) is 3.85. The first-order valence-corrected chi connectivity index (χ1v) is 10.0. The summed E-state index contributed by atoms with van der Waals surface area (Å²) in [5.74, 6) is -1.42. The largest absolute Gasteiger partial charge is 0.416 e. The van der Waals surface area contributed by atoms with E-state index in [1.54, 1.807) is 0 Å². The number of H-pyrrole nitrogens is 1. The Balaban J connectivity index is 1.75. The predicted molar refractivity (Wildman–Crippen MR) is 102 cm³/mol. The van der Waals surface area contributed by atoms with E-state index in [4.69, 9.17) is 0 Å². The summed E-state index contributed by atoms with van der Waals surface area (Å²) in [6, 6.07) is 4.50. The second kappa shape index (κ2) is 7.65. The van der Waals surface area contributed by atoms with Crippen LogP contribution in [0.4, 0.5) is 17.6 Å². The average molecular weight is 455 g/mol. The van der Waals surface area contributed by atoms with Crippen LogP contribution in [0.2, 0.25) is 0 Å². The van der Waals surface area contributed by atoms with Crippen LogP contribution in [0.25, 0.3) is 16.2 Å². The van der Waals surface area contributed by atoms with Crippen molar-refractivity contribution in [3.05, 3.63) is 73.8 Å². The van der Waals surface area contributed by atoms with E-state index in [0.717, 1.165) is 46.0 Å². The molecular weight excluding hydrogens is 446 g/mol. The number of nitrogens with zero attached hydrogens (tertiary/aromatic N) is 4. The molecule has 1 aromatic carbocycles. The van der Waals surface area contributed by atoms with Gasteiger partial charge in [-0.1, -0.05) is 23.9 Å². The Kier molecular flexibility index (Phi) is 5.15. The van der Waals surface area contributed by atoms with E-state index in [0.29, 0.717) is 5.56 Å². The van der Waals surface area contributed by atoms with Crippen molar-refractivity contribution in [3.63, 3.8) is 0 Å². The first-order chi connectivity index (χ1) is 14.2. The number of nitrogens with one attached hydrogen (secondary N) is 1. The molecule has 4 rings (SSSR count). The lowest BCUT2D eigenvalue weighted by Crippen LogP contribution is -2.25. The second-order valence-corrected chi connectivity index (χ2v) is 7.71. The van der Waals surface area contributed by atoms with Crippen molar-refractivity contribution < 1.29 is 17.6 Å². The topological polar surface area (TPSA) is 93.5 Å². The van der Waals surface area contributed by atoms with Gasteiger partial charge in [-0.3, -0.25) is 14.6 Å². The minimum Gasteiger partial charge on any atom is -0.294 e. The highest BCUT2D eigenvalue weighted by molar-refractivity contribution is 7.98. The molecule has 154 valence electrons. The number of hydrogen-bond acceptors (Lipinski definition) is 7. The number of rotatable bonds is 4. The monoisotopic (exact) mass is 455 g/mol. The molecule has 0 bridgehead atoms. The maximum atomic E-state index is 14.3.